The quantitative estimate of drug-likeness (QED) is 0.424. The molecule has 3 aromatic rings. The Hall–Kier alpha value is -2.21. The molecular weight excluding hydrogens is 435 g/mol. The van der Waals surface area contributed by atoms with E-state index in [1.165, 1.54) is 18.5 Å². The summed E-state index contributed by atoms with van der Waals surface area (Å²) >= 11 is 14.1. The van der Waals surface area contributed by atoms with Crippen LogP contribution in [0.1, 0.15) is 22.3 Å². The van der Waals surface area contributed by atoms with Crippen LogP contribution in [0.3, 0.4) is 0 Å². The van der Waals surface area contributed by atoms with Crippen molar-refractivity contribution in [3.05, 3.63) is 49.2 Å². The maximum Gasteiger partial charge on any atom is 0.294 e. The first kappa shape index (κ1) is 19.5. The maximum absolute atomic E-state index is 12.5. The Morgan fingerprint density at radius 2 is 2.11 bits per heavy atom. The number of nitro groups is 1. The summed E-state index contributed by atoms with van der Waals surface area (Å²) in [5, 5.41) is 24.6. The number of anilines is 1. The molecule has 3 rings (SSSR count). The van der Waals surface area contributed by atoms with Crippen LogP contribution in [0.25, 0.3) is 0 Å². The molecule has 9 nitrogen and oxygen atoms in total. The van der Waals surface area contributed by atoms with Gasteiger partial charge in [0.2, 0.25) is 0 Å². The molecule has 0 spiro atoms. The van der Waals surface area contributed by atoms with Crippen LogP contribution < -0.4 is 5.32 Å². The number of nitrogens with one attached hydrogen (secondary N) is 2. The number of pyridine rings is 1. The molecule has 140 valence electrons. The Morgan fingerprint density at radius 1 is 1.41 bits per heavy atom. The Morgan fingerprint density at radius 3 is 2.74 bits per heavy atom. The van der Waals surface area contributed by atoms with Crippen LogP contribution in [0.2, 0.25) is 10.0 Å². The van der Waals surface area contributed by atoms with Gasteiger partial charge < -0.3 is 5.32 Å². The van der Waals surface area contributed by atoms with E-state index < -0.39 is 10.8 Å². The molecule has 0 aliphatic heterocycles. The normalized spacial score (nSPS) is 10.8. The third kappa shape index (κ3) is 4.21. The van der Waals surface area contributed by atoms with Crippen LogP contribution in [-0.4, -0.2) is 31.2 Å². The average molecular weight is 445 g/mol. The lowest BCUT2D eigenvalue weighted by atomic mass is 10.3. The Bertz CT molecular complexity index is 1000. The summed E-state index contributed by atoms with van der Waals surface area (Å²) in [6, 6.07) is 1.21. The van der Waals surface area contributed by atoms with E-state index in [0.29, 0.717) is 17.0 Å². The fourth-order valence-electron chi connectivity index (χ4n) is 2.03. The SMILES string of the molecule is CCc1[nH]nnc1NC(=O)c1cc([N+](=O)[O-])c(Sc2c(Cl)cncc2Cl)s1. The zero-order valence-electron chi connectivity index (χ0n) is 13.5. The van der Waals surface area contributed by atoms with E-state index in [9.17, 15) is 14.9 Å². The van der Waals surface area contributed by atoms with E-state index in [4.69, 9.17) is 23.2 Å². The van der Waals surface area contributed by atoms with E-state index in [1.54, 1.807) is 0 Å². The minimum atomic E-state index is -0.563. The first-order valence-electron chi connectivity index (χ1n) is 7.37. The second kappa shape index (κ2) is 8.21. The number of rotatable bonds is 6. The van der Waals surface area contributed by atoms with Gasteiger partial charge in [-0.25, -0.2) is 0 Å². The molecule has 0 aliphatic rings. The third-order valence-corrected chi connectivity index (χ3v) is 6.56. The predicted molar refractivity (Wildman–Crippen MR) is 103 cm³/mol. The van der Waals surface area contributed by atoms with E-state index in [-0.39, 0.29) is 30.6 Å². The van der Waals surface area contributed by atoms with Crippen molar-refractivity contribution in [3.63, 3.8) is 0 Å². The number of amides is 1. The summed E-state index contributed by atoms with van der Waals surface area (Å²) in [5.74, 6) is -0.238. The van der Waals surface area contributed by atoms with Crippen molar-refractivity contribution in [1.82, 2.24) is 20.4 Å². The van der Waals surface area contributed by atoms with E-state index in [1.807, 2.05) is 6.92 Å². The van der Waals surface area contributed by atoms with Gasteiger partial charge in [0.25, 0.3) is 11.6 Å². The monoisotopic (exact) mass is 444 g/mol. The standard InChI is InChI=1S/C14H10Cl2N6O3S2/c1-2-8-12(20-21-19-8)18-13(23)10-3-9(22(24)25)14(26-10)27-11-6(15)4-17-5-7(11)16/h3-5H,2H2,1H3,(H2,18,19,20,21,23). The van der Waals surface area contributed by atoms with Gasteiger partial charge in [0.15, 0.2) is 5.82 Å². The first-order chi connectivity index (χ1) is 12.9. The van der Waals surface area contributed by atoms with Crippen molar-refractivity contribution in [3.8, 4) is 0 Å². The average Bonchev–Trinajstić information content (AvgIpc) is 3.24. The molecule has 0 radical (unpaired) electrons. The van der Waals surface area contributed by atoms with Crippen molar-refractivity contribution in [1.29, 1.82) is 0 Å². The van der Waals surface area contributed by atoms with Crippen LogP contribution in [-0.2, 0) is 6.42 Å². The van der Waals surface area contributed by atoms with Gasteiger partial charge in [0.1, 0.15) is 9.09 Å². The molecule has 0 aromatic carbocycles. The fourth-order valence-corrected chi connectivity index (χ4v) is 4.79. The molecule has 1 amide bonds. The van der Waals surface area contributed by atoms with Crippen LogP contribution >= 0.6 is 46.3 Å². The first-order valence-corrected chi connectivity index (χ1v) is 9.76. The van der Waals surface area contributed by atoms with Crippen molar-refractivity contribution in [2.75, 3.05) is 5.32 Å². The highest BCUT2D eigenvalue weighted by atomic mass is 35.5. The summed E-state index contributed by atoms with van der Waals surface area (Å²) < 4.78 is 0.274. The van der Waals surface area contributed by atoms with Gasteiger partial charge >= 0.3 is 0 Å². The molecule has 13 heteroatoms. The van der Waals surface area contributed by atoms with Gasteiger partial charge in [0, 0.05) is 18.5 Å². The summed E-state index contributed by atoms with van der Waals surface area (Å²) in [5.41, 5.74) is 0.439. The number of nitrogens with zero attached hydrogens (tertiary/aromatic N) is 4. The number of thiophene rings is 1. The molecule has 0 fully saturated rings. The van der Waals surface area contributed by atoms with Gasteiger partial charge in [-0.1, -0.05) is 47.1 Å². The molecule has 27 heavy (non-hydrogen) atoms. The molecular formula is C14H10Cl2N6O3S2. The third-order valence-electron chi connectivity index (χ3n) is 3.31. The van der Waals surface area contributed by atoms with Gasteiger partial charge in [-0.3, -0.25) is 25.0 Å². The topological polar surface area (TPSA) is 127 Å². The number of hydrogen-bond donors (Lipinski definition) is 2. The number of carbonyl (C=O) groups is 1. The lowest BCUT2D eigenvalue weighted by Crippen LogP contribution is -2.11. The number of halogens is 2. The number of H-pyrrole nitrogens is 1. The minimum Gasteiger partial charge on any atom is -0.303 e. The van der Waals surface area contributed by atoms with E-state index in [2.05, 4.69) is 25.7 Å². The van der Waals surface area contributed by atoms with Crippen LogP contribution in [0, 0.1) is 10.1 Å². The second-order valence-corrected chi connectivity index (χ2v) is 8.17. The van der Waals surface area contributed by atoms with Crippen LogP contribution in [0.15, 0.2) is 27.6 Å². The molecule has 0 atom stereocenters. The smallest absolute Gasteiger partial charge is 0.294 e. The molecule has 0 bridgehead atoms. The number of aromatic amines is 1. The molecule has 2 N–H and O–H groups in total. The molecule has 0 unspecified atom stereocenters. The number of hydrogen-bond acceptors (Lipinski definition) is 8. The highest BCUT2D eigenvalue weighted by molar-refractivity contribution is 8.01. The lowest BCUT2D eigenvalue weighted by Gasteiger charge is -2.03. The van der Waals surface area contributed by atoms with Crippen LogP contribution in [0.5, 0.6) is 0 Å². The van der Waals surface area contributed by atoms with Crippen molar-refractivity contribution in [2.45, 2.75) is 22.4 Å². The fraction of sp³-hybridized carbons (Fsp3) is 0.143. The van der Waals surface area contributed by atoms with Crippen molar-refractivity contribution in [2.24, 2.45) is 0 Å². The number of aromatic nitrogens is 4. The molecule has 3 heterocycles. The van der Waals surface area contributed by atoms with E-state index >= 15 is 0 Å². The van der Waals surface area contributed by atoms with Gasteiger partial charge in [-0.15, -0.1) is 16.4 Å². The van der Waals surface area contributed by atoms with Crippen molar-refractivity contribution >= 4 is 63.7 Å². The maximum atomic E-state index is 12.5. The number of aryl methyl sites for hydroxylation is 1. The Kier molecular flexibility index (Phi) is 5.95. The minimum absolute atomic E-state index is 0.149. The summed E-state index contributed by atoms with van der Waals surface area (Å²) in [6.45, 7) is 1.87. The zero-order chi connectivity index (χ0) is 19.6. The number of carbonyl (C=O) groups excluding carboxylic acids is 1. The predicted octanol–water partition coefficient (Wildman–Crippen LogP) is 4.44. The molecule has 3 aromatic heterocycles. The largest absolute Gasteiger partial charge is 0.303 e. The van der Waals surface area contributed by atoms with Gasteiger partial charge in [-0.05, 0) is 6.42 Å². The zero-order valence-corrected chi connectivity index (χ0v) is 16.7. The Balaban J connectivity index is 1.91. The lowest BCUT2D eigenvalue weighted by molar-refractivity contribution is -0.387. The van der Waals surface area contributed by atoms with E-state index in [0.717, 1.165) is 23.1 Å². The summed E-state index contributed by atoms with van der Waals surface area (Å²) in [6.07, 6.45) is 3.37. The summed E-state index contributed by atoms with van der Waals surface area (Å²) in [7, 11) is 0. The van der Waals surface area contributed by atoms with Crippen molar-refractivity contribution < 1.29 is 9.72 Å². The van der Waals surface area contributed by atoms with Gasteiger partial charge in [-0.2, -0.15) is 0 Å². The highest BCUT2D eigenvalue weighted by Crippen LogP contribution is 2.45. The molecule has 0 saturated heterocycles. The van der Waals surface area contributed by atoms with Gasteiger partial charge in [0.05, 0.1) is 25.6 Å². The Labute approximate surface area is 170 Å². The highest BCUT2D eigenvalue weighted by Gasteiger charge is 2.25. The van der Waals surface area contributed by atoms with Crippen LogP contribution in [0.4, 0.5) is 11.5 Å². The molecule has 0 saturated carbocycles. The second-order valence-electron chi connectivity index (χ2n) is 5.02. The summed E-state index contributed by atoms with van der Waals surface area (Å²) in [4.78, 5) is 27.7. The molecule has 0 aliphatic carbocycles.